The molecular weight excluding hydrogens is 382 g/mol. The van der Waals surface area contributed by atoms with Crippen molar-refractivity contribution >= 4 is 17.8 Å². The number of rotatable bonds is 8. The van der Waals surface area contributed by atoms with Crippen molar-refractivity contribution in [3.8, 4) is 5.75 Å². The van der Waals surface area contributed by atoms with E-state index in [2.05, 4.69) is 0 Å². The number of carbonyl (C=O) groups is 3. The summed E-state index contributed by atoms with van der Waals surface area (Å²) in [6.07, 6.45) is 1.41. The molecule has 6 nitrogen and oxygen atoms in total. The lowest BCUT2D eigenvalue weighted by atomic mass is 10.1. The van der Waals surface area contributed by atoms with Crippen LogP contribution < -0.4 is 4.74 Å². The first-order valence-corrected chi connectivity index (χ1v) is 10.1. The molecule has 0 aliphatic carbocycles. The molecule has 0 spiro atoms. The predicted molar refractivity (Wildman–Crippen MR) is 113 cm³/mol. The van der Waals surface area contributed by atoms with E-state index in [0.717, 1.165) is 5.56 Å². The van der Waals surface area contributed by atoms with Crippen LogP contribution in [0, 0.1) is 0 Å². The summed E-state index contributed by atoms with van der Waals surface area (Å²) >= 11 is 0. The Morgan fingerprint density at radius 3 is 2.27 bits per heavy atom. The Morgan fingerprint density at radius 1 is 0.967 bits per heavy atom. The van der Waals surface area contributed by atoms with Crippen LogP contribution in [0.3, 0.4) is 0 Å². The van der Waals surface area contributed by atoms with Gasteiger partial charge < -0.3 is 9.47 Å². The molecule has 0 unspecified atom stereocenters. The summed E-state index contributed by atoms with van der Waals surface area (Å²) in [6.45, 7) is 6.24. The van der Waals surface area contributed by atoms with E-state index >= 15 is 0 Å². The molecular formula is C24H27NO5. The number of esters is 1. The fourth-order valence-electron chi connectivity index (χ4n) is 3.27. The molecule has 0 N–H and O–H groups in total. The third kappa shape index (κ3) is 5.47. The topological polar surface area (TPSA) is 72.9 Å². The zero-order valence-electron chi connectivity index (χ0n) is 17.6. The van der Waals surface area contributed by atoms with Gasteiger partial charge in [-0.1, -0.05) is 24.3 Å². The van der Waals surface area contributed by atoms with Crippen molar-refractivity contribution in [2.24, 2.45) is 0 Å². The van der Waals surface area contributed by atoms with E-state index in [1.54, 1.807) is 24.3 Å². The fourth-order valence-corrected chi connectivity index (χ4v) is 3.27. The lowest BCUT2D eigenvalue weighted by Gasteiger charge is -2.19. The summed E-state index contributed by atoms with van der Waals surface area (Å²) in [5, 5.41) is 0. The Labute approximate surface area is 176 Å². The second-order valence-corrected chi connectivity index (χ2v) is 8.24. The van der Waals surface area contributed by atoms with E-state index < -0.39 is 5.60 Å². The molecule has 0 aromatic heterocycles. The highest BCUT2D eigenvalue weighted by molar-refractivity contribution is 6.21. The number of benzene rings is 2. The number of imide groups is 1. The standard InChI is InChI=1S/C24H27NO5/c1-24(2,3)30-21(26)12-7-15-29-18-9-6-8-17(16-18)13-14-25-22(27)19-10-4-5-11-20(19)23(25)28/h4-6,8-11,16H,7,12-15H2,1-3H3. The smallest absolute Gasteiger partial charge is 0.306 e. The first kappa shape index (κ1) is 21.6. The van der Waals surface area contributed by atoms with Crippen LogP contribution in [-0.2, 0) is 16.0 Å². The third-order valence-electron chi connectivity index (χ3n) is 4.61. The normalized spacial score (nSPS) is 13.4. The minimum atomic E-state index is -0.480. The molecule has 30 heavy (non-hydrogen) atoms. The van der Waals surface area contributed by atoms with E-state index in [4.69, 9.17) is 9.47 Å². The summed E-state index contributed by atoms with van der Waals surface area (Å²) in [5.41, 5.74) is 1.41. The van der Waals surface area contributed by atoms with Gasteiger partial charge in [0.25, 0.3) is 11.8 Å². The van der Waals surface area contributed by atoms with Gasteiger partial charge in [-0.25, -0.2) is 0 Å². The van der Waals surface area contributed by atoms with E-state index in [0.29, 0.717) is 49.3 Å². The van der Waals surface area contributed by atoms with E-state index in [1.165, 1.54) is 4.90 Å². The quantitative estimate of drug-likeness (QED) is 0.374. The second kappa shape index (κ2) is 9.11. The van der Waals surface area contributed by atoms with Gasteiger partial charge in [-0.05, 0) is 63.4 Å². The average molecular weight is 409 g/mol. The SMILES string of the molecule is CC(C)(C)OC(=O)CCCOc1cccc(CCN2C(=O)c3ccccc3C2=O)c1. The van der Waals surface area contributed by atoms with Crippen LogP contribution in [0.1, 0.15) is 59.9 Å². The number of fused-ring (bicyclic) bond motifs is 1. The van der Waals surface area contributed by atoms with E-state index in [-0.39, 0.29) is 17.8 Å². The van der Waals surface area contributed by atoms with Crippen LogP contribution in [0.4, 0.5) is 0 Å². The van der Waals surface area contributed by atoms with Crippen LogP contribution in [0.5, 0.6) is 5.75 Å². The Bertz CT molecular complexity index is 910. The largest absolute Gasteiger partial charge is 0.494 e. The van der Waals surface area contributed by atoms with E-state index in [9.17, 15) is 14.4 Å². The summed E-state index contributed by atoms with van der Waals surface area (Å²) in [6, 6.07) is 14.4. The third-order valence-corrected chi connectivity index (χ3v) is 4.61. The Morgan fingerprint density at radius 2 is 1.63 bits per heavy atom. The van der Waals surface area contributed by atoms with Crippen molar-refractivity contribution in [2.75, 3.05) is 13.2 Å². The Kier molecular flexibility index (Phi) is 6.55. The van der Waals surface area contributed by atoms with Crippen molar-refractivity contribution in [1.82, 2.24) is 4.90 Å². The highest BCUT2D eigenvalue weighted by Gasteiger charge is 2.34. The van der Waals surface area contributed by atoms with Crippen molar-refractivity contribution in [1.29, 1.82) is 0 Å². The van der Waals surface area contributed by atoms with Crippen molar-refractivity contribution < 1.29 is 23.9 Å². The minimum absolute atomic E-state index is 0.235. The molecule has 1 aliphatic heterocycles. The van der Waals surface area contributed by atoms with Gasteiger partial charge in [0.2, 0.25) is 0 Å². The highest BCUT2D eigenvalue weighted by atomic mass is 16.6. The number of nitrogens with zero attached hydrogens (tertiary/aromatic N) is 1. The fraction of sp³-hybridized carbons (Fsp3) is 0.375. The highest BCUT2D eigenvalue weighted by Crippen LogP contribution is 2.23. The summed E-state index contributed by atoms with van der Waals surface area (Å²) in [4.78, 5) is 37.9. The summed E-state index contributed by atoms with van der Waals surface area (Å²) < 4.78 is 11.0. The number of hydrogen-bond acceptors (Lipinski definition) is 5. The van der Waals surface area contributed by atoms with Crippen LogP contribution in [0.2, 0.25) is 0 Å². The lowest BCUT2D eigenvalue weighted by molar-refractivity contribution is -0.155. The molecule has 2 aromatic rings. The molecule has 1 aliphatic rings. The number of hydrogen-bond donors (Lipinski definition) is 0. The van der Waals surface area contributed by atoms with Crippen LogP contribution >= 0.6 is 0 Å². The number of ether oxygens (including phenoxy) is 2. The first-order valence-electron chi connectivity index (χ1n) is 10.1. The maximum Gasteiger partial charge on any atom is 0.306 e. The summed E-state index contributed by atoms with van der Waals surface area (Å²) in [5.74, 6) is -0.0323. The zero-order valence-corrected chi connectivity index (χ0v) is 17.6. The number of amides is 2. The van der Waals surface area contributed by atoms with Gasteiger partial charge in [-0.3, -0.25) is 19.3 Å². The zero-order chi connectivity index (χ0) is 21.7. The van der Waals surface area contributed by atoms with Crippen molar-refractivity contribution in [3.05, 3.63) is 65.2 Å². The predicted octanol–water partition coefficient (Wildman–Crippen LogP) is 4.03. The van der Waals surface area contributed by atoms with Crippen molar-refractivity contribution in [3.63, 3.8) is 0 Å². The van der Waals surface area contributed by atoms with Crippen LogP contribution in [0.25, 0.3) is 0 Å². The van der Waals surface area contributed by atoms with Gasteiger partial charge in [0, 0.05) is 13.0 Å². The maximum atomic E-state index is 12.5. The second-order valence-electron chi connectivity index (χ2n) is 8.24. The average Bonchev–Trinajstić information content (AvgIpc) is 2.93. The molecule has 0 saturated carbocycles. The van der Waals surface area contributed by atoms with Gasteiger partial charge >= 0.3 is 5.97 Å². The molecule has 2 aromatic carbocycles. The van der Waals surface area contributed by atoms with Gasteiger partial charge in [0.15, 0.2) is 0 Å². The van der Waals surface area contributed by atoms with Gasteiger partial charge in [-0.15, -0.1) is 0 Å². The molecule has 0 bridgehead atoms. The molecule has 3 rings (SSSR count). The van der Waals surface area contributed by atoms with E-state index in [1.807, 2.05) is 45.0 Å². The molecule has 0 fully saturated rings. The molecule has 0 saturated heterocycles. The van der Waals surface area contributed by atoms with Crippen LogP contribution in [0.15, 0.2) is 48.5 Å². The Hall–Kier alpha value is -3.15. The Balaban J connectivity index is 1.48. The molecule has 0 radical (unpaired) electrons. The maximum absolute atomic E-state index is 12.5. The minimum Gasteiger partial charge on any atom is -0.494 e. The van der Waals surface area contributed by atoms with Gasteiger partial charge in [0.1, 0.15) is 11.4 Å². The monoisotopic (exact) mass is 409 g/mol. The molecule has 158 valence electrons. The molecule has 1 heterocycles. The molecule has 0 atom stereocenters. The van der Waals surface area contributed by atoms with Crippen LogP contribution in [-0.4, -0.2) is 41.4 Å². The van der Waals surface area contributed by atoms with Gasteiger partial charge in [-0.2, -0.15) is 0 Å². The number of carbonyl (C=O) groups excluding carboxylic acids is 3. The summed E-state index contributed by atoms with van der Waals surface area (Å²) in [7, 11) is 0. The van der Waals surface area contributed by atoms with Gasteiger partial charge in [0.05, 0.1) is 17.7 Å². The first-order chi connectivity index (χ1) is 14.2. The lowest BCUT2D eigenvalue weighted by Crippen LogP contribution is -2.31. The van der Waals surface area contributed by atoms with Crippen molar-refractivity contribution in [2.45, 2.75) is 45.6 Å². The molecule has 6 heteroatoms. The molecule has 2 amide bonds.